The molecule has 0 aromatic rings. The summed E-state index contributed by atoms with van der Waals surface area (Å²) in [6.45, 7) is 4.52. The minimum atomic E-state index is -2.43. The molecule has 4 heteroatoms. The highest BCUT2D eigenvalue weighted by Crippen LogP contribution is 2.30. The van der Waals surface area contributed by atoms with Crippen molar-refractivity contribution < 1.29 is 12.9 Å². The van der Waals surface area contributed by atoms with Crippen molar-refractivity contribution in [3.8, 4) is 11.1 Å². The van der Waals surface area contributed by atoms with E-state index in [0.717, 1.165) is 11.1 Å². The molecule has 0 saturated heterocycles. The zero-order chi connectivity index (χ0) is 13.8. The van der Waals surface area contributed by atoms with Crippen molar-refractivity contribution in [2.45, 2.75) is 26.2 Å². The molecule has 0 aromatic heterocycles. The van der Waals surface area contributed by atoms with Gasteiger partial charge in [0.05, 0.1) is 18.0 Å². The van der Waals surface area contributed by atoms with E-state index in [-0.39, 0.29) is 6.61 Å². The third-order valence-corrected chi connectivity index (χ3v) is 3.57. The Labute approximate surface area is 116 Å². The molecule has 2 aliphatic rings. The van der Waals surface area contributed by atoms with Crippen molar-refractivity contribution in [3.63, 3.8) is 0 Å². The lowest BCUT2D eigenvalue weighted by molar-refractivity contribution is 0.304. The highest BCUT2D eigenvalue weighted by Gasteiger charge is 2.09. The van der Waals surface area contributed by atoms with Crippen LogP contribution < -0.4 is 0 Å². The largest absolute Gasteiger partial charge is 0.750 e. The Bertz CT molecular complexity index is 551. The first-order valence-electron chi connectivity index (χ1n) is 6.32. The van der Waals surface area contributed by atoms with Crippen molar-refractivity contribution in [1.82, 2.24) is 0 Å². The fraction of sp³-hybridized carbons (Fsp3) is 0.333. The molecule has 0 heterocycles. The average Bonchev–Trinajstić information content (AvgIpc) is 2.59. The molecule has 0 saturated carbocycles. The van der Waals surface area contributed by atoms with Crippen LogP contribution in [0, 0.1) is 0 Å². The van der Waals surface area contributed by atoms with E-state index in [2.05, 4.69) is 42.3 Å². The molecule has 1 atom stereocenters. The second kappa shape index (κ2) is 6.28. The van der Waals surface area contributed by atoms with Gasteiger partial charge in [0.1, 0.15) is 0 Å². The van der Waals surface area contributed by atoms with Crippen LogP contribution in [0.25, 0.3) is 11.1 Å². The van der Waals surface area contributed by atoms with Gasteiger partial charge in [-0.15, -0.1) is 0 Å². The van der Waals surface area contributed by atoms with Crippen LogP contribution in [0.1, 0.15) is 30.9 Å². The minimum absolute atomic E-state index is 0.185. The SMILES string of the molecule is CC(C)c1cccc2c(CCOS(=O)[O-])ccc-2c1. The zero-order valence-corrected chi connectivity index (χ0v) is 11.9. The summed E-state index contributed by atoms with van der Waals surface area (Å²) in [6.07, 6.45) is 0.596. The van der Waals surface area contributed by atoms with Gasteiger partial charge in [-0.1, -0.05) is 50.2 Å². The molecule has 1 unspecified atom stereocenters. The van der Waals surface area contributed by atoms with Crippen LogP contribution in [0.2, 0.25) is 0 Å². The summed E-state index contributed by atoms with van der Waals surface area (Å²) >= 11 is -2.43. The van der Waals surface area contributed by atoms with Crippen LogP contribution in [-0.2, 0) is 22.0 Å². The van der Waals surface area contributed by atoms with Gasteiger partial charge in [-0.05, 0) is 34.6 Å². The second-order valence-corrected chi connectivity index (χ2v) is 5.47. The molecule has 3 nitrogen and oxygen atoms in total. The summed E-state index contributed by atoms with van der Waals surface area (Å²) < 4.78 is 25.2. The highest BCUT2D eigenvalue weighted by molar-refractivity contribution is 7.74. The quantitative estimate of drug-likeness (QED) is 0.788. The second-order valence-electron chi connectivity index (χ2n) is 4.83. The Balaban J connectivity index is 2.20. The average molecular weight is 277 g/mol. The fourth-order valence-electron chi connectivity index (χ4n) is 2.16. The molecule has 19 heavy (non-hydrogen) atoms. The Morgan fingerprint density at radius 2 is 2.05 bits per heavy atom. The normalized spacial score (nSPS) is 13.1. The van der Waals surface area contributed by atoms with Crippen molar-refractivity contribution in [3.05, 3.63) is 47.5 Å². The minimum Gasteiger partial charge on any atom is -0.750 e. The monoisotopic (exact) mass is 277 g/mol. The number of hydrogen-bond donors (Lipinski definition) is 0. The van der Waals surface area contributed by atoms with Gasteiger partial charge < -0.3 is 8.74 Å². The third-order valence-electron chi connectivity index (χ3n) is 3.21. The van der Waals surface area contributed by atoms with E-state index in [4.69, 9.17) is 0 Å². The molecule has 0 amide bonds. The maximum absolute atomic E-state index is 10.3. The number of hydrogen-bond acceptors (Lipinski definition) is 3. The topological polar surface area (TPSA) is 49.4 Å². The summed E-state index contributed by atoms with van der Waals surface area (Å²) in [5, 5.41) is 0. The van der Waals surface area contributed by atoms with Gasteiger partial charge in [0.25, 0.3) is 0 Å². The lowest BCUT2D eigenvalue weighted by Gasteiger charge is -2.06. The first-order chi connectivity index (χ1) is 9.08. The van der Waals surface area contributed by atoms with Crippen LogP contribution in [0.4, 0.5) is 0 Å². The van der Waals surface area contributed by atoms with E-state index in [1.807, 2.05) is 12.1 Å². The summed E-state index contributed by atoms with van der Waals surface area (Å²) in [5.74, 6) is 0.486. The maximum Gasteiger partial charge on any atom is 0.0842 e. The van der Waals surface area contributed by atoms with E-state index in [9.17, 15) is 8.76 Å². The van der Waals surface area contributed by atoms with Gasteiger partial charge in [-0.3, -0.25) is 0 Å². The Kier molecular flexibility index (Phi) is 4.69. The van der Waals surface area contributed by atoms with Crippen LogP contribution >= 0.6 is 0 Å². The van der Waals surface area contributed by atoms with E-state index in [1.54, 1.807) is 0 Å². The molecule has 102 valence electrons. The van der Waals surface area contributed by atoms with Crippen LogP contribution in [0.3, 0.4) is 0 Å². The summed E-state index contributed by atoms with van der Waals surface area (Å²) in [6, 6.07) is 12.5. The molecule has 0 bridgehead atoms. The van der Waals surface area contributed by atoms with Crippen molar-refractivity contribution in [2.24, 2.45) is 0 Å². The van der Waals surface area contributed by atoms with Gasteiger partial charge in [0, 0.05) is 0 Å². The van der Waals surface area contributed by atoms with Gasteiger partial charge in [-0.25, -0.2) is 4.21 Å². The molecular formula is C15H17O3S-. The summed E-state index contributed by atoms with van der Waals surface area (Å²) in [5.41, 5.74) is 4.76. The van der Waals surface area contributed by atoms with E-state index < -0.39 is 11.4 Å². The standard InChI is InChI=1S/C15H18O3S/c1-11(2)13-4-3-5-15-12(6-7-14(15)10-13)8-9-18-19(16)17/h3-7,10-11H,8-9H2,1-2H3,(H,16,17)/p-1. The predicted octanol–water partition coefficient (Wildman–Crippen LogP) is 3.27. The molecule has 0 fully saturated rings. The zero-order valence-electron chi connectivity index (χ0n) is 11.1. The van der Waals surface area contributed by atoms with Gasteiger partial charge >= 0.3 is 0 Å². The fourth-order valence-corrected chi connectivity index (χ4v) is 2.38. The maximum atomic E-state index is 10.3. The molecule has 0 spiro atoms. The predicted molar refractivity (Wildman–Crippen MR) is 75.7 cm³/mol. The van der Waals surface area contributed by atoms with Gasteiger partial charge in [-0.2, -0.15) is 0 Å². The molecule has 0 radical (unpaired) electrons. The van der Waals surface area contributed by atoms with E-state index >= 15 is 0 Å². The Morgan fingerprint density at radius 1 is 1.26 bits per heavy atom. The van der Waals surface area contributed by atoms with Crippen molar-refractivity contribution >= 4 is 11.4 Å². The van der Waals surface area contributed by atoms with Gasteiger partial charge in [0.15, 0.2) is 0 Å². The van der Waals surface area contributed by atoms with Crippen LogP contribution in [-0.4, -0.2) is 15.4 Å². The molecule has 2 rings (SSSR count). The Hall–Kier alpha value is -1.23. The molecular weight excluding hydrogens is 260 g/mol. The van der Waals surface area contributed by atoms with Crippen molar-refractivity contribution in [2.75, 3.05) is 6.61 Å². The smallest absolute Gasteiger partial charge is 0.0842 e. The number of rotatable bonds is 5. The lowest BCUT2D eigenvalue weighted by Crippen LogP contribution is -2.00. The molecule has 2 aliphatic carbocycles. The van der Waals surface area contributed by atoms with Crippen molar-refractivity contribution in [1.29, 1.82) is 0 Å². The summed E-state index contributed by atoms with van der Waals surface area (Å²) in [7, 11) is 0. The first kappa shape index (κ1) is 14.2. The molecule has 0 N–H and O–H groups in total. The summed E-state index contributed by atoms with van der Waals surface area (Å²) in [4.78, 5) is 0. The molecule has 0 aromatic carbocycles. The van der Waals surface area contributed by atoms with Crippen LogP contribution in [0.15, 0.2) is 36.4 Å². The first-order valence-corrected chi connectivity index (χ1v) is 7.32. The third kappa shape index (κ3) is 3.62. The lowest BCUT2D eigenvalue weighted by atomic mass is 10.0. The highest BCUT2D eigenvalue weighted by atomic mass is 32.2. The van der Waals surface area contributed by atoms with Crippen LogP contribution in [0.5, 0.6) is 0 Å². The van der Waals surface area contributed by atoms with E-state index in [1.165, 1.54) is 11.1 Å². The Morgan fingerprint density at radius 3 is 2.74 bits per heavy atom. The van der Waals surface area contributed by atoms with Gasteiger partial charge in [0.2, 0.25) is 0 Å². The van der Waals surface area contributed by atoms with E-state index in [0.29, 0.717) is 12.3 Å². The number of fused-ring (bicyclic) bond motifs is 1. The molecule has 0 aliphatic heterocycles.